The van der Waals surface area contributed by atoms with Crippen LogP contribution in [0.5, 0.6) is 0 Å². The normalized spacial score (nSPS) is 25.9. The highest BCUT2D eigenvalue weighted by atomic mass is 32.2. The number of fused-ring (bicyclic) bond motifs is 3. The number of ether oxygens (including phenoxy) is 1. The lowest BCUT2D eigenvalue weighted by molar-refractivity contribution is -0.133. The van der Waals surface area contributed by atoms with Crippen molar-refractivity contribution in [3.63, 3.8) is 0 Å². The summed E-state index contributed by atoms with van der Waals surface area (Å²) >= 11 is 1.59. The van der Waals surface area contributed by atoms with Crippen molar-refractivity contribution in [2.45, 2.75) is 62.7 Å². The van der Waals surface area contributed by atoms with Gasteiger partial charge in [0.1, 0.15) is 6.54 Å². The molecule has 7 nitrogen and oxygen atoms in total. The molecular formula is C27H31N3O4S. The number of anilines is 2. The average Bonchev–Trinajstić information content (AvgIpc) is 3.21. The minimum atomic E-state index is -0.755. The Morgan fingerprint density at radius 3 is 2.57 bits per heavy atom. The summed E-state index contributed by atoms with van der Waals surface area (Å²) in [5, 5.41) is 2.93. The first-order valence-corrected chi connectivity index (χ1v) is 13.4. The topological polar surface area (TPSA) is 79.0 Å². The third kappa shape index (κ3) is 4.57. The largest absolute Gasteiger partial charge is 0.363 e. The molecule has 1 aliphatic carbocycles. The van der Waals surface area contributed by atoms with Crippen molar-refractivity contribution in [3.8, 4) is 0 Å². The standard InChI is InChI=1S/C27H31N3O4S/c1-16-11-17(2)13-19(12-16)30-26(32)25-24(21-9-4-5-10-22(21)34-25)29(27(30)33)15-23(31)28-18-7-6-8-20(14-18)35-3/h6-8,11-14,21-22,24-25H,4-5,9-10,15H2,1-3H3,(H,28,31). The molecule has 0 bridgehead atoms. The molecular weight excluding hydrogens is 462 g/mol. The molecule has 0 radical (unpaired) electrons. The third-order valence-electron chi connectivity index (χ3n) is 7.22. The van der Waals surface area contributed by atoms with Crippen LogP contribution in [-0.4, -0.2) is 53.8 Å². The van der Waals surface area contributed by atoms with E-state index in [1.54, 1.807) is 16.7 Å². The highest BCUT2D eigenvalue weighted by molar-refractivity contribution is 7.98. The number of hydrogen-bond donors (Lipinski definition) is 1. The van der Waals surface area contributed by atoms with Gasteiger partial charge in [0.25, 0.3) is 5.91 Å². The molecule has 0 spiro atoms. The SMILES string of the molecule is CSc1cccc(NC(=O)CN2C(=O)N(c3cc(C)cc(C)c3)C(=O)C3OC4CCCCC4C32)c1. The van der Waals surface area contributed by atoms with E-state index >= 15 is 0 Å². The number of rotatable bonds is 5. The predicted octanol–water partition coefficient (Wildman–Crippen LogP) is 4.76. The first kappa shape index (κ1) is 23.9. The van der Waals surface area contributed by atoms with Crippen LogP contribution in [0.25, 0.3) is 0 Å². The number of nitrogens with zero attached hydrogens (tertiary/aromatic N) is 2. The van der Waals surface area contributed by atoms with E-state index < -0.39 is 18.2 Å². The smallest absolute Gasteiger partial charge is 0.332 e. The van der Waals surface area contributed by atoms with Crippen LogP contribution in [0.4, 0.5) is 16.2 Å². The molecule has 0 aromatic heterocycles. The Kier molecular flexibility index (Phi) is 6.59. The van der Waals surface area contributed by atoms with Crippen LogP contribution in [0.2, 0.25) is 0 Å². The highest BCUT2D eigenvalue weighted by Gasteiger charge is 2.58. The van der Waals surface area contributed by atoms with E-state index in [0.717, 1.165) is 41.7 Å². The van der Waals surface area contributed by atoms with Crippen LogP contribution in [0, 0.1) is 19.8 Å². The molecule has 3 fully saturated rings. The minimum absolute atomic E-state index is 0.0569. The summed E-state index contributed by atoms with van der Waals surface area (Å²) in [6.07, 6.45) is 5.03. The van der Waals surface area contributed by atoms with Crippen molar-refractivity contribution in [2.75, 3.05) is 23.0 Å². The molecule has 2 saturated heterocycles. The average molecular weight is 494 g/mol. The maximum atomic E-state index is 13.9. The van der Waals surface area contributed by atoms with Crippen molar-refractivity contribution in [3.05, 3.63) is 53.6 Å². The summed E-state index contributed by atoms with van der Waals surface area (Å²) < 4.78 is 6.28. The van der Waals surface area contributed by atoms with Gasteiger partial charge in [-0.2, -0.15) is 0 Å². The number of urea groups is 1. The van der Waals surface area contributed by atoms with Crippen molar-refractivity contribution >= 4 is 41.0 Å². The summed E-state index contributed by atoms with van der Waals surface area (Å²) in [7, 11) is 0. The molecule has 8 heteroatoms. The van der Waals surface area contributed by atoms with Crippen LogP contribution in [-0.2, 0) is 14.3 Å². The molecule has 2 heterocycles. The summed E-state index contributed by atoms with van der Waals surface area (Å²) in [5.74, 6) is -0.552. The van der Waals surface area contributed by atoms with Gasteiger partial charge in [0.15, 0.2) is 6.10 Å². The van der Waals surface area contributed by atoms with Crippen molar-refractivity contribution in [1.29, 1.82) is 0 Å². The molecule has 2 aromatic rings. The molecule has 35 heavy (non-hydrogen) atoms. The summed E-state index contributed by atoms with van der Waals surface area (Å²) in [6, 6.07) is 12.4. The Morgan fingerprint density at radius 1 is 1.09 bits per heavy atom. The molecule has 5 rings (SSSR count). The molecule has 1 N–H and O–H groups in total. The molecule has 1 saturated carbocycles. The number of carbonyl (C=O) groups is 3. The van der Waals surface area contributed by atoms with E-state index in [9.17, 15) is 14.4 Å². The van der Waals surface area contributed by atoms with Crippen LogP contribution < -0.4 is 10.2 Å². The molecule has 2 aromatic carbocycles. The van der Waals surface area contributed by atoms with Crippen molar-refractivity contribution in [1.82, 2.24) is 4.90 Å². The van der Waals surface area contributed by atoms with Crippen LogP contribution >= 0.6 is 11.8 Å². The Labute approximate surface area is 210 Å². The number of amides is 4. The van der Waals surface area contributed by atoms with Gasteiger partial charge in [-0.15, -0.1) is 11.8 Å². The third-order valence-corrected chi connectivity index (χ3v) is 7.94. The van der Waals surface area contributed by atoms with Gasteiger partial charge in [0.05, 0.1) is 17.8 Å². The second-order valence-electron chi connectivity index (χ2n) is 9.74. The van der Waals surface area contributed by atoms with E-state index in [2.05, 4.69) is 5.32 Å². The maximum Gasteiger partial charge on any atom is 0.332 e. The van der Waals surface area contributed by atoms with Gasteiger partial charge in [0, 0.05) is 16.5 Å². The lowest BCUT2D eigenvalue weighted by Gasteiger charge is -2.43. The maximum absolute atomic E-state index is 13.9. The summed E-state index contributed by atoms with van der Waals surface area (Å²) in [4.78, 5) is 44.5. The van der Waals surface area contributed by atoms with Gasteiger partial charge in [-0.25, -0.2) is 9.69 Å². The zero-order chi connectivity index (χ0) is 24.7. The van der Waals surface area contributed by atoms with Crippen LogP contribution in [0.3, 0.4) is 0 Å². The highest BCUT2D eigenvalue weighted by Crippen LogP contribution is 2.43. The lowest BCUT2D eigenvalue weighted by Crippen LogP contribution is -2.65. The van der Waals surface area contributed by atoms with E-state index in [1.165, 1.54) is 4.90 Å². The van der Waals surface area contributed by atoms with E-state index in [1.807, 2.05) is 62.6 Å². The second kappa shape index (κ2) is 9.66. The molecule has 4 unspecified atom stereocenters. The molecule has 184 valence electrons. The Balaban J connectivity index is 1.46. The Morgan fingerprint density at radius 2 is 1.83 bits per heavy atom. The van der Waals surface area contributed by atoms with Gasteiger partial charge < -0.3 is 15.0 Å². The molecule has 4 amide bonds. The minimum Gasteiger partial charge on any atom is -0.363 e. The van der Waals surface area contributed by atoms with E-state index in [4.69, 9.17) is 4.74 Å². The number of hydrogen-bond acceptors (Lipinski definition) is 5. The number of nitrogens with one attached hydrogen (secondary N) is 1. The molecule has 3 aliphatic rings. The Bertz CT molecular complexity index is 1150. The fraction of sp³-hybridized carbons (Fsp3) is 0.444. The number of aryl methyl sites for hydroxylation is 2. The van der Waals surface area contributed by atoms with Gasteiger partial charge in [0.2, 0.25) is 5.91 Å². The fourth-order valence-corrected chi connectivity index (χ4v) is 6.26. The number of thioether (sulfide) groups is 1. The number of carbonyl (C=O) groups excluding carboxylic acids is 3. The van der Waals surface area contributed by atoms with Crippen LogP contribution in [0.15, 0.2) is 47.4 Å². The van der Waals surface area contributed by atoms with Gasteiger partial charge in [-0.05, 0) is 74.4 Å². The fourth-order valence-electron chi connectivity index (χ4n) is 5.80. The summed E-state index contributed by atoms with van der Waals surface area (Å²) in [5.41, 5.74) is 3.12. The quantitative estimate of drug-likeness (QED) is 0.608. The summed E-state index contributed by atoms with van der Waals surface area (Å²) in [6.45, 7) is 3.74. The van der Waals surface area contributed by atoms with Gasteiger partial charge >= 0.3 is 6.03 Å². The predicted molar refractivity (Wildman–Crippen MR) is 137 cm³/mol. The first-order valence-electron chi connectivity index (χ1n) is 12.2. The first-order chi connectivity index (χ1) is 16.9. The number of benzene rings is 2. The van der Waals surface area contributed by atoms with Gasteiger partial charge in [-0.3, -0.25) is 9.59 Å². The second-order valence-corrected chi connectivity index (χ2v) is 10.6. The Hall–Kier alpha value is -2.84. The zero-order valence-electron chi connectivity index (χ0n) is 20.3. The monoisotopic (exact) mass is 493 g/mol. The van der Waals surface area contributed by atoms with E-state index in [0.29, 0.717) is 11.4 Å². The van der Waals surface area contributed by atoms with Crippen LogP contribution in [0.1, 0.15) is 36.8 Å². The lowest BCUT2D eigenvalue weighted by atomic mass is 9.81. The van der Waals surface area contributed by atoms with E-state index in [-0.39, 0.29) is 30.4 Å². The zero-order valence-corrected chi connectivity index (χ0v) is 21.1. The molecule has 4 atom stereocenters. The van der Waals surface area contributed by atoms with Gasteiger partial charge in [-0.1, -0.05) is 25.0 Å². The number of imide groups is 1. The van der Waals surface area contributed by atoms with Crippen molar-refractivity contribution < 1.29 is 19.1 Å². The van der Waals surface area contributed by atoms with Crippen molar-refractivity contribution in [2.24, 2.45) is 5.92 Å². The molecule has 2 aliphatic heterocycles.